The van der Waals surface area contributed by atoms with Gasteiger partial charge in [-0.05, 0) is 39.5 Å². The molecule has 2 aromatic rings. The van der Waals surface area contributed by atoms with Crippen LogP contribution in [0.2, 0.25) is 0 Å². The van der Waals surface area contributed by atoms with E-state index in [2.05, 4.69) is 27.3 Å². The molecule has 1 heterocycles. The van der Waals surface area contributed by atoms with Crippen molar-refractivity contribution in [3.8, 4) is 0 Å². The van der Waals surface area contributed by atoms with Crippen LogP contribution in [0.5, 0.6) is 0 Å². The molecule has 118 valence electrons. The third-order valence-corrected chi connectivity index (χ3v) is 3.71. The van der Waals surface area contributed by atoms with Gasteiger partial charge < -0.3 is 14.8 Å². The summed E-state index contributed by atoms with van der Waals surface area (Å²) in [6.07, 6.45) is 2.53. The van der Waals surface area contributed by atoms with Crippen LogP contribution in [0.25, 0.3) is 0 Å². The van der Waals surface area contributed by atoms with Crippen molar-refractivity contribution in [2.45, 2.75) is 19.4 Å². The number of imidazole rings is 1. The van der Waals surface area contributed by atoms with Crippen LogP contribution in [-0.2, 0) is 7.05 Å². The van der Waals surface area contributed by atoms with Crippen molar-refractivity contribution in [1.82, 2.24) is 19.8 Å². The highest BCUT2D eigenvalue weighted by Crippen LogP contribution is 2.18. The van der Waals surface area contributed by atoms with Crippen LogP contribution >= 0.6 is 0 Å². The lowest BCUT2D eigenvalue weighted by Crippen LogP contribution is -2.32. The van der Waals surface area contributed by atoms with Gasteiger partial charge >= 0.3 is 0 Å². The number of carbonyl (C=O) groups is 1. The molecule has 0 radical (unpaired) electrons. The Morgan fingerprint density at radius 3 is 2.55 bits per heavy atom. The van der Waals surface area contributed by atoms with Gasteiger partial charge in [0, 0.05) is 7.05 Å². The van der Waals surface area contributed by atoms with Crippen LogP contribution in [0.3, 0.4) is 0 Å². The lowest BCUT2D eigenvalue weighted by atomic mass is 10.0. The van der Waals surface area contributed by atoms with Crippen LogP contribution in [0.4, 0.5) is 0 Å². The first-order valence-corrected chi connectivity index (χ1v) is 7.47. The van der Waals surface area contributed by atoms with Crippen LogP contribution in [0.1, 0.15) is 34.2 Å². The normalized spacial score (nSPS) is 12.4. The monoisotopic (exact) mass is 300 g/mol. The van der Waals surface area contributed by atoms with E-state index in [0.29, 0.717) is 5.69 Å². The lowest BCUT2D eigenvalue weighted by molar-refractivity contribution is 0.0923. The van der Waals surface area contributed by atoms with Crippen LogP contribution in [0.15, 0.2) is 36.7 Å². The van der Waals surface area contributed by atoms with E-state index in [1.54, 1.807) is 10.9 Å². The van der Waals surface area contributed by atoms with Crippen molar-refractivity contribution in [2.24, 2.45) is 7.05 Å². The first-order valence-electron chi connectivity index (χ1n) is 7.47. The van der Waals surface area contributed by atoms with Gasteiger partial charge in [-0.3, -0.25) is 4.79 Å². The van der Waals surface area contributed by atoms with Gasteiger partial charge in [-0.25, -0.2) is 4.98 Å². The average Bonchev–Trinajstić information content (AvgIpc) is 2.83. The second-order valence-corrected chi connectivity index (χ2v) is 5.82. The molecule has 1 amide bonds. The summed E-state index contributed by atoms with van der Waals surface area (Å²) in [6.45, 7) is 2.76. The van der Waals surface area contributed by atoms with E-state index < -0.39 is 0 Å². The molecule has 0 aliphatic carbocycles. The molecule has 1 N–H and O–H groups in total. The zero-order valence-electron chi connectivity index (χ0n) is 13.7. The number of rotatable bonds is 6. The summed E-state index contributed by atoms with van der Waals surface area (Å²) >= 11 is 0. The Labute approximate surface area is 132 Å². The van der Waals surface area contributed by atoms with Crippen molar-refractivity contribution >= 4 is 5.91 Å². The van der Waals surface area contributed by atoms with E-state index in [-0.39, 0.29) is 11.9 Å². The number of hydrogen-bond acceptors (Lipinski definition) is 3. The molecule has 0 fully saturated rings. The predicted molar refractivity (Wildman–Crippen MR) is 87.8 cm³/mol. The van der Waals surface area contributed by atoms with Gasteiger partial charge in [-0.2, -0.15) is 0 Å². The van der Waals surface area contributed by atoms with Crippen molar-refractivity contribution in [3.63, 3.8) is 0 Å². The summed E-state index contributed by atoms with van der Waals surface area (Å²) in [6, 6.07) is 10.1. The average molecular weight is 300 g/mol. The molecule has 0 aliphatic rings. The van der Waals surface area contributed by atoms with Crippen molar-refractivity contribution < 1.29 is 4.79 Å². The summed E-state index contributed by atoms with van der Waals surface area (Å²) < 4.78 is 1.76. The van der Waals surface area contributed by atoms with Crippen molar-refractivity contribution in [3.05, 3.63) is 53.6 Å². The smallest absolute Gasteiger partial charge is 0.270 e. The minimum atomic E-state index is -0.0786. The fourth-order valence-corrected chi connectivity index (χ4v) is 2.49. The Hall–Kier alpha value is -2.14. The fraction of sp³-hybridized carbons (Fsp3) is 0.412. The topological polar surface area (TPSA) is 50.2 Å². The number of amides is 1. The molecule has 2 rings (SSSR count). The van der Waals surface area contributed by atoms with Crippen molar-refractivity contribution in [1.29, 1.82) is 0 Å². The molecular formula is C17H24N4O. The molecule has 22 heavy (non-hydrogen) atoms. The molecule has 1 aromatic heterocycles. The summed E-state index contributed by atoms with van der Waals surface area (Å²) in [7, 11) is 5.91. The molecular weight excluding hydrogens is 276 g/mol. The zero-order chi connectivity index (χ0) is 16.1. The Bertz CT molecular complexity index is 599. The van der Waals surface area contributed by atoms with E-state index in [1.807, 2.05) is 46.3 Å². The maximum absolute atomic E-state index is 12.6. The number of carbonyl (C=O) groups excluding carboxylic acids is 1. The van der Waals surface area contributed by atoms with Gasteiger partial charge in [0.2, 0.25) is 0 Å². The summed E-state index contributed by atoms with van der Waals surface area (Å²) in [5.74, 6) is -0.0786. The highest BCUT2D eigenvalue weighted by Gasteiger charge is 2.19. The van der Waals surface area contributed by atoms with Gasteiger partial charge in [0.15, 0.2) is 0 Å². The second kappa shape index (κ2) is 7.22. The van der Waals surface area contributed by atoms with Crippen LogP contribution in [0, 0.1) is 6.92 Å². The molecule has 1 aromatic carbocycles. The minimum absolute atomic E-state index is 0.00889. The molecule has 0 aliphatic heterocycles. The first kappa shape index (κ1) is 16.2. The molecule has 5 heteroatoms. The van der Waals surface area contributed by atoms with E-state index >= 15 is 0 Å². The zero-order valence-corrected chi connectivity index (χ0v) is 13.7. The lowest BCUT2D eigenvalue weighted by Gasteiger charge is -2.21. The third kappa shape index (κ3) is 3.95. The summed E-state index contributed by atoms with van der Waals surface area (Å²) in [5.41, 5.74) is 2.49. The van der Waals surface area contributed by atoms with Gasteiger partial charge in [0.25, 0.3) is 5.91 Å². The van der Waals surface area contributed by atoms with Crippen LogP contribution in [-0.4, -0.2) is 41.0 Å². The number of aromatic nitrogens is 2. The quantitative estimate of drug-likeness (QED) is 0.889. The maximum Gasteiger partial charge on any atom is 0.270 e. The number of aryl methyl sites for hydroxylation is 2. The molecule has 1 atom stereocenters. The fourth-order valence-electron chi connectivity index (χ4n) is 2.49. The molecule has 0 bridgehead atoms. The number of benzene rings is 1. The number of hydrogen-bond donors (Lipinski definition) is 1. The third-order valence-electron chi connectivity index (χ3n) is 3.71. The number of nitrogens with zero attached hydrogens (tertiary/aromatic N) is 3. The summed E-state index contributed by atoms with van der Waals surface area (Å²) in [5, 5.41) is 3.15. The molecule has 0 spiro atoms. The number of nitrogens with one attached hydrogen (secondary N) is 1. The Balaban J connectivity index is 2.17. The Morgan fingerprint density at radius 2 is 2.00 bits per heavy atom. The van der Waals surface area contributed by atoms with E-state index in [9.17, 15) is 4.79 Å². The van der Waals surface area contributed by atoms with Crippen LogP contribution < -0.4 is 5.32 Å². The minimum Gasteiger partial charge on any atom is -0.344 e. The molecule has 0 saturated heterocycles. The largest absolute Gasteiger partial charge is 0.344 e. The first-order chi connectivity index (χ1) is 10.5. The Morgan fingerprint density at radius 1 is 1.32 bits per heavy atom. The Kier molecular flexibility index (Phi) is 5.33. The van der Waals surface area contributed by atoms with E-state index in [4.69, 9.17) is 0 Å². The standard InChI is InChI=1S/C17H24N4O/c1-13-16(21(4)12-18-13)17(22)19-15(10-11-20(2)3)14-8-6-5-7-9-14/h5-9,12,15H,10-11H2,1-4H3,(H,19,22)/t15-/m1/s1. The van der Waals surface area contributed by atoms with Gasteiger partial charge in [0.05, 0.1) is 18.1 Å². The molecule has 0 unspecified atom stereocenters. The second-order valence-electron chi connectivity index (χ2n) is 5.82. The summed E-state index contributed by atoms with van der Waals surface area (Å²) in [4.78, 5) is 18.9. The highest BCUT2D eigenvalue weighted by molar-refractivity contribution is 5.93. The maximum atomic E-state index is 12.6. The predicted octanol–water partition coefficient (Wildman–Crippen LogP) is 2.15. The van der Waals surface area contributed by atoms with E-state index in [1.165, 1.54) is 0 Å². The SMILES string of the molecule is Cc1ncn(C)c1C(=O)N[C@H](CCN(C)C)c1ccccc1. The highest BCUT2D eigenvalue weighted by atomic mass is 16.2. The van der Waals surface area contributed by atoms with E-state index in [0.717, 1.165) is 24.2 Å². The van der Waals surface area contributed by atoms with Crippen molar-refractivity contribution in [2.75, 3.05) is 20.6 Å². The van der Waals surface area contributed by atoms with Gasteiger partial charge in [-0.15, -0.1) is 0 Å². The molecule has 5 nitrogen and oxygen atoms in total. The van der Waals surface area contributed by atoms with Gasteiger partial charge in [0.1, 0.15) is 5.69 Å². The molecule has 0 saturated carbocycles. The van der Waals surface area contributed by atoms with Gasteiger partial charge in [-0.1, -0.05) is 30.3 Å².